The quantitative estimate of drug-likeness (QED) is 0.727. The van der Waals surface area contributed by atoms with Gasteiger partial charge in [-0.2, -0.15) is 0 Å². The van der Waals surface area contributed by atoms with Gasteiger partial charge in [0.25, 0.3) is 0 Å². The average molecular weight is 393 g/mol. The van der Waals surface area contributed by atoms with Gasteiger partial charge in [-0.1, -0.05) is 25.1 Å². The average Bonchev–Trinajstić information content (AvgIpc) is 2.64. The fourth-order valence-corrected chi connectivity index (χ4v) is 3.34. The molecule has 1 amide bonds. The van der Waals surface area contributed by atoms with E-state index in [4.69, 9.17) is 4.74 Å². The van der Waals surface area contributed by atoms with Crippen molar-refractivity contribution in [3.8, 4) is 11.5 Å². The van der Waals surface area contributed by atoms with Gasteiger partial charge in [-0.15, -0.1) is 12.4 Å². The molecule has 0 radical (unpaired) electrons. The van der Waals surface area contributed by atoms with Gasteiger partial charge in [-0.05, 0) is 62.0 Å². The Kier molecular flexibility index (Phi) is 8.07. The van der Waals surface area contributed by atoms with Crippen LogP contribution in [0.3, 0.4) is 0 Å². The van der Waals surface area contributed by atoms with Crippen LogP contribution in [-0.4, -0.2) is 19.0 Å². The highest BCUT2D eigenvalue weighted by Crippen LogP contribution is 2.30. The van der Waals surface area contributed by atoms with Crippen LogP contribution in [0.1, 0.15) is 26.2 Å². The molecule has 2 N–H and O–H groups in total. The third-order valence-corrected chi connectivity index (χ3v) is 4.83. The summed E-state index contributed by atoms with van der Waals surface area (Å²) in [7, 11) is 0. The van der Waals surface area contributed by atoms with Crippen molar-refractivity contribution in [1.82, 2.24) is 5.32 Å². The van der Waals surface area contributed by atoms with Crippen LogP contribution in [0.2, 0.25) is 0 Å². The summed E-state index contributed by atoms with van der Waals surface area (Å²) in [4.78, 5) is 12.5. The van der Waals surface area contributed by atoms with Crippen molar-refractivity contribution in [2.45, 2.75) is 26.2 Å². The van der Waals surface area contributed by atoms with Gasteiger partial charge in [-0.3, -0.25) is 4.79 Å². The largest absolute Gasteiger partial charge is 0.455 e. The summed E-state index contributed by atoms with van der Waals surface area (Å²) in [6.07, 6.45) is 2.81. The number of nitrogens with one attached hydrogen (secondary N) is 2. The predicted molar refractivity (Wildman–Crippen MR) is 108 cm³/mol. The Morgan fingerprint density at radius 3 is 2.85 bits per heavy atom. The summed E-state index contributed by atoms with van der Waals surface area (Å²) in [5.41, 5.74) is 0.593. The maximum absolute atomic E-state index is 13.3. The Morgan fingerprint density at radius 1 is 1.30 bits per heavy atom. The number of halogens is 2. The third-order valence-electron chi connectivity index (χ3n) is 4.83. The zero-order chi connectivity index (χ0) is 18.4. The molecule has 2 atom stereocenters. The van der Waals surface area contributed by atoms with E-state index in [2.05, 4.69) is 17.6 Å². The molecule has 2 aromatic rings. The first-order valence-corrected chi connectivity index (χ1v) is 9.15. The van der Waals surface area contributed by atoms with Crippen molar-refractivity contribution in [3.05, 3.63) is 54.3 Å². The highest BCUT2D eigenvalue weighted by Gasteiger charge is 2.22. The number of para-hydroxylation sites is 2. The molecule has 1 aliphatic rings. The number of carbonyl (C=O) groups is 1. The number of hydrogen-bond donors (Lipinski definition) is 2. The van der Waals surface area contributed by atoms with Gasteiger partial charge < -0.3 is 15.4 Å². The molecule has 6 heteroatoms. The van der Waals surface area contributed by atoms with Gasteiger partial charge in [-0.25, -0.2) is 4.39 Å². The van der Waals surface area contributed by atoms with Gasteiger partial charge in [0.1, 0.15) is 11.6 Å². The molecule has 0 saturated carbocycles. The first-order valence-electron chi connectivity index (χ1n) is 9.15. The van der Waals surface area contributed by atoms with Crippen LogP contribution >= 0.6 is 12.4 Å². The van der Waals surface area contributed by atoms with E-state index in [0.29, 0.717) is 35.4 Å². The van der Waals surface area contributed by atoms with Gasteiger partial charge in [0.2, 0.25) is 5.91 Å². The molecule has 2 aromatic carbocycles. The normalized spacial score (nSPS) is 17.5. The summed E-state index contributed by atoms with van der Waals surface area (Å²) in [6.45, 7) is 4.18. The SMILES string of the molecule is CC(CC(=O)Nc1ccccc1Oc1cccc(F)c1)C1CCCNC1.Cl. The molecular weight excluding hydrogens is 367 g/mol. The first kappa shape index (κ1) is 21.2. The van der Waals surface area contributed by atoms with E-state index >= 15 is 0 Å². The highest BCUT2D eigenvalue weighted by atomic mass is 35.5. The van der Waals surface area contributed by atoms with E-state index in [1.165, 1.54) is 25.0 Å². The van der Waals surface area contributed by atoms with E-state index in [9.17, 15) is 9.18 Å². The topological polar surface area (TPSA) is 50.4 Å². The van der Waals surface area contributed by atoms with Crippen molar-refractivity contribution < 1.29 is 13.9 Å². The summed E-state index contributed by atoms with van der Waals surface area (Å²) in [5, 5.41) is 6.33. The molecule has 0 bridgehead atoms. The minimum absolute atomic E-state index is 0. The summed E-state index contributed by atoms with van der Waals surface area (Å²) >= 11 is 0. The van der Waals surface area contributed by atoms with Crippen molar-refractivity contribution in [1.29, 1.82) is 0 Å². The zero-order valence-electron chi connectivity index (χ0n) is 15.4. The highest BCUT2D eigenvalue weighted by molar-refractivity contribution is 5.92. The lowest BCUT2D eigenvalue weighted by molar-refractivity contribution is -0.117. The second-order valence-corrected chi connectivity index (χ2v) is 6.89. The molecule has 2 unspecified atom stereocenters. The molecule has 0 spiro atoms. The van der Waals surface area contributed by atoms with Crippen LogP contribution in [0.15, 0.2) is 48.5 Å². The number of amides is 1. The number of piperidine rings is 1. The van der Waals surface area contributed by atoms with Crippen LogP contribution in [-0.2, 0) is 4.79 Å². The predicted octanol–water partition coefficient (Wildman–Crippen LogP) is 5.00. The standard InChI is InChI=1S/C21H25FN2O2.ClH/c1-15(16-6-5-11-23-14-16)12-21(25)24-19-9-2-3-10-20(19)26-18-8-4-7-17(22)13-18;/h2-4,7-10,13,15-16,23H,5-6,11-12,14H2,1H3,(H,24,25);1H. The third kappa shape index (κ3) is 6.22. The fourth-order valence-electron chi connectivity index (χ4n) is 3.34. The minimum Gasteiger partial charge on any atom is -0.455 e. The number of anilines is 1. The van der Waals surface area contributed by atoms with Crippen LogP contribution in [0, 0.1) is 17.7 Å². The van der Waals surface area contributed by atoms with Crippen LogP contribution in [0.4, 0.5) is 10.1 Å². The van der Waals surface area contributed by atoms with Crippen LogP contribution in [0.25, 0.3) is 0 Å². The molecule has 0 aliphatic carbocycles. The zero-order valence-corrected chi connectivity index (χ0v) is 16.2. The molecular formula is C21H26ClFN2O2. The lowest BCUT2D eigenvalue weighted by atomic mass is 9.85. The van der Waals surface area contributed by atoms with Gasteiger partial charge in [0, 0.05) is 12.5 Å². The molecule has 27 heavy (non-hydrogen) atoms. The second-order valence-electron chi connectivity index (χ2n) is 6.89. The smallest absolute Gasteiger partial charge is 0.224 e. The van der Waals surface area contributed by atoms with E-state index in [1.54, 1.807) is 24.3 Å². The molecule has 1 heterocycles. The number of benzene rings is 2. The van der Waals surface area contributed by atoms with Crippen molar-refractivity contribution in [2.75, 3.05) is 18.4 Å². The Hall–Kier alpha value is -2.11. The lowest BCUT2D eigenvalue weighted by Gasteiger charge is -2.28. The molecule has 1 aliphatic heterocycles. The summed E-state index contributed by atoms with van der Waals surface area (Å²) in [6, 6.07) is 13.2. The van der Waals surface area contributed by atoms with E-state index in [0.717, 1.165) is 13.1 Å². The first-order chi connectivity index (χ1) is 12.6. The lowest BCUT2D eigenvalue weighted by Crippen LogP contribution is -2.34. The van der Waals surface area contributed by atoms with Crippen molar-refractivity contribution in [3.63, 3.8) is 0 Å². The molecule has 0 aromatic heterocycles. The molecule has 4 nitrogen and oxygen atoms in total. The van der Waals surface area contributed by atoms with Crippen LogP contribution < -0.4 is 15.4 Å². The Balaban J connectivity index is 0.00000261. The number of ether oxygens (including phenoxy) is 1. The Labute approximate surface area is 165 Å². The monoisotopic (exact) mass is 392 g/mol. The summed E-state index contributed by atoms with van der Waals surface area (Å²) in [5.74, 6) is 1.36. The number of rotatable bonds is 6. The summed E-state index contributed by atoms with van der Waals surface area (Å²) < 4.78 is 19.1. The molecule has 1 fully saturated rings. The number of hydrogen-bond acceptors (Lipinski definition) is 3. The fraction of sp³-hybridized carbons (Fsp3) is 0.381. The Morgan fingerprint density at radius 2 is 2.11 bits per heavy atom. The maximum atomic E-state index is 13.3. The van der Waals surface area contributed by atoms with Gasteiger partial charge >= 0.3 is 0 Å². The second kappa shape index (κ2) is 10.3. The van der Waals surface area contributed by atoms with Crippen LogP contribution in [0.5, 0.6) is 11.5 Å². The van der Waals surface area contributed by atoms with E-state index < -0.39 is 0 Å². The van der Waals surface area contributed by atoms with Crippen molar-refractivity contribution in [2.24, 2.45) is 11.8 Å². The van der Waals surface area contributed by atoms with E-state index in [-0.39, 0.29) is 24.1 Å². The number of carbonyl (C=O) groups excluding carboxylic acids is 1. The molecule has 146 valence electrons. The van der Waals surface area contributed by atoms with E-state index in [1.807, 2.05) is 12.1 Å². The van der Waals surface area contributed by atoms with Gasteiger partial charge in [0.05, 0.1) is 5.69 Å². The molecule has 3 rings (SSSR count). The Bertz CT molecular complexity index is 750. The molecule has 1 saturated heterocycles. The van der Waals surface area contributed by atoms with Gasteiger partial charge in [0.15, 0.2) is 5.75 Å². The minimum atomic E-state index is -0.362. The van der Waals surface area contributed by atoms with Crippen molar-refractivity contribution >= 4 is 24.0 Å². The maximum Gasteiger partial charge on any atom is 0.224 e.